The Morgan fingerprint density at radius 2 is 1.90 bits per heavy atom. The van der Waals surface area contributed by atoms with Crippen LogP contribution in [-0.4, -0.2) is 17.0 Å². The van der Waals surface area contributed by atoms with Gasteiger partial charge in [0, 0.05) is 18.3 Å². The minimum Gasteiger partial charge on any atom is -0.355 e. The normalized spacial score (nSPS) is 10.8. The highest BCUT2D eigenvalue weighted by Gasteiger charge is 2.05. The molecule has 1 heterocycles. The van der Waals surface area contributed by atoms with Gasteiger partial charge in [-0.1, -0.05) is 50.8 Å². The Bertz CT molecular complexity index is 545. The number of hydrogen-bond acceptors (Lipinski definition) is 1. The maximum Gasteiger partial charge on any atom is 0.239 e. The van der Waals surface area contributed by atoms with E-state index in [0.29, 0.717) is 6.54 Å². The zero-order valence-corrected chi connectivity index (χ0v) is 12.3. The number of aromatic nitrogens is 1. The number of benzene rings is 1. The first-order valence-corrected chi connectivity index (χ1v) is 7.62. The lowest BCUT2D eigenvalue weighted by atomic mass is 10.1. The summed E-state index contributed by atoms with van der Waals surface area (Å²) < 4.78 is 2.00. The molecule has 0 saturated carbocycles. The summed E-state index contributed by atoms with van der Waals surface area (Å²) in [7, 11) is 0. The third-order valence-corrected chi connectivity index (χ3v) is 3.60. The summed E-state index contributed by atoms with van der Waals surface area (Å²) in [6.07, 6.45) is 8.09. The number of amides is 1. The smallest absolute Gasteiger partial charge is 0.239 e. The van der Waals surface area contributed by atoms with Crippen molar-refractivity contribution in [3.05, 3.63) is 36.5 Å². The monoisotopic (exact) mass is 272 g/mol. The number of nitrogens with one attached hydrogen (secondary N) is 1. The Kier molecular flexibility index (Phi) is 5.66. The van der Waals surface area contributed by atoms with Crippen LogP contribution in [0.5, 0.6) is 0 Å². The summed E-state index contributed by atoms with van der Waals surface area (Å²) in [4.78, 5) is 11.9. The van der Waals surface area contributed by atoms with Crippen molar-refractivity contribution in [1.82, 2.24) is 9.88 Å². The van der Waals surface area contributed by atoms with E-state index in [1.165, 1.54) is 31.1 Å². The average molecular weight is 272 g/mol. The second-order valence-electron chi connectivity index (χ2n) is 5.27. The van der Waals surface area contributed by atoms with Crippen molar-refractivity contribution in [2.24, 2.45) is 0 Å². The summed E-state index contributed by atoms with van der Waals surface area (Å²) in [6, 6.07) is 10.2. The van der Waals surface area contributed by atoms with E-state index in [1.54, 1.807) is 0 Å². The molecular formula is C17H24N2O. The Balaban J connectivity index is 1.74. The number of rotatable bonds is 8. The fourth-order valence-electron chi connectivity index (χ4n) is 2.45. The van der Waals surface area contributed by atoms with Gasteiger partial charge < -0.3 is 9.88 Å². The molecule has 0 atom stereocenters. The lowest BCUT2D eigenvalue weighted by molar-refractivity contribution is -0.121. The molecule has 0 aliphatic carbocycles. The lowest BCUT2D eigenvalue weighted by Crippen LogP contribution is -2.28. The van der Waals surface area contributed by atoms with Gasteiger partial charge in [-0.05, 0) is 23.9 Å². The van der Waals surface area contributed by atoms with Crippen LogP contribution in [0.15, 0.2) is 36.5 Å². The molecule has 0 aliphatic rings. The molecule has 0 radical (unpaired) electrons. The van der Waals surface area contributed by atoms with Crippen molar-refractivity contribution in [3.8, 4) is 0 Å². The molecule has 0 aliphatic heterocycles. The Morgan fingerprint density at radius 1 is 1.10 bits per heavy atom. The highest BCUT2D eigenvalue weighted by Crippen LogP contribution is 2.14. The number of para-hydroxylation sites is 1. The SMILES string of the molecule is CCCCCCCNC(=O)Cn1ccc2ccccc21. The van der Waals surface area contributed by atoms with Crippen LogP contribution in [0.25, 0.3) is 10.9 Å². The maximum absolute atomic E-state index is 11.9. The summed E-state index contributed by atoms with van der Waals surface area (Å²) in [5.74, 6) is 0.0989. The molecule has 1 aromatic carbocycles. The predicted molar refractivity (Wildman–Crippen MR) is 83.7 cm³/mol. The third kappa shape index (κ3) is 4.12. The van der Waals surface area contributed by atoms with Gasteiger partial charge in [-0.2, -0.15) is 0 Å². The van der Waals surface area contributed by atoms with Crippen molar-refractivity contribution in [1.29, 1.82) is 0 Å². The van der Waals surface area contributed by atoms with Gasteiger partial charge in [-0.15, -0.1) is 0 Å². The molecule has 20 heavy (non-hydrogen) atoms. The lowest BCUT2D eigenvalue weighted by Gasteiger charge is -2.07. The first kappa shape index (κ1) is 14.6. The van der Waals surface area contributed by atoms with E-state index >= 15 is 0 Å². The molecule has 1 N–H and O–H groups in total. The van der Waals surface area contributed by atoms with Crippen LogP contribution in [0.1, 0.15) is 39.0 Å². The van der Waals surface area contributed by atoms with Crippen LogP contribution >= 0.6 is 0 Å². The number of hydrogen-bond donors (Lipinski definition) is 1. The zero-order valence-electron chi connectivity index (χ0n) is 12.3. The van der Waals surface area contributed by atoms with Crippen molar-refractivity contribution in [2.45, 2.75) is 45.6 Å². The summed E-state index contributed by atoms with van der Waals surface area (Å²) in [6.45, 7) is 3.41. The third-order valence-electron chi connectivity index (χ3n) is 3.60. The van der Waals surface area contributed by atoms with Gasteiger partial charge in [0.1, 0.15) is 6.54 Å². The molecule has 0 fully saturated rings. The molecule has 3 heteroatoms. The molecule has 0 unspecified atom stereocenters. The van der Waals surface area contributed by atoms with E-state index in [1.807, 2.05) is 35.0 Å². The molecule has 0 bridgehead atoms. The second-order valence-corrected chi connectivity index (χ2v) is 5.27. The highest BCUT2D eigenvalue weighted by molar-refractivity contribution is 5.83. The van der Waals surface area contributed by atoms with Gasteiger partial charge in [-0.3, -0.25) is 4.79 Å². The number of nitrogens with zero attached hydrogens (tertiary/aromatic N) is 1. The van der Waals surface area contributed by atoms with E-state index in [2.05, 4.69) is 18.3 Å². The Hall–Kier alpha value is -1.77. The van der Waals surface area contributed by atoms with Gasteiger partial charge in [0.2, 0.25) is 5.91 Å². The largest absolute Gasteiger partial charge is 0.355 e. The summed E-state index contributed by atoms with van der Waals surface area (Å²) >= 11 is 0. The predicted octanol–water partition coefficient (Wildman–Crippen LogP) is 3.73. The van der Waals surface area contributed by atoms with E-state index in [-0.39, 0.29) is 5.91 Å². The minimum atomic E-state index is 0.0989. The van der Waals surface area contributed by atoms with Gasteiger partial charge in [0.05, 0.1) is 0 Å². The molecule has 2 rings (SSSR count). The van der Waals surface area contributed by atoms with Crippen LogP contribution in [0.2, 0.25) is 0 Å². The van der Waals surface area contributed by atoms with Crippen LogP contribution < -0.4 is 5.32 Å². The van der Waals surface area contributed by atoms with Gasteiger partial charge in [0.25, 0.3) is 0 Å². The second kappa shape index (κ2) is 7.73. The zero-order chi connectivity index (χ0) is 14.2. The molecule has 0 spiro atoms. The Labute approximate surface area is 121 Å². The number of unbranched alkanes of at least 4 members (excludes halogenated alkanes) is 4. The topological polar surface area (TPSA) is 34.0 Å². The molecule has 108 valence electrons. The van der Waals surface area contributed by atoms with Crippen LogP contribution in [0.3, 0.4) is 0 Å². The first-order valence-electron chi connectivity index (χ1n) is 7.62. The standard InChI is InChI=1S/C17H24N2O/c1-2-3-4-5-8-12-18-17(20)14-19-13-11-15-9-6-7-10-16(15)19/h6-7,9-11,13H,2-5,8,12,14H2,1H3,(H,18,20). The van der Waals surface area contributed by atoms with Crippen molar-refractivity contribution in [3.63, 3.8) is 0 Å². The average Bonchev–Trinajstić information content (AvgIpc) is 2.86. The van der Waals surface area contributed by atoms with Crippen LogP contribution in [-0.2, 0) is 11.3 Å². The summed E-state index contributed by atoms with van der Waals surface area (Å²) in [5.41, 5.74) is 1.12. The van der Waals surface area contributed by atoms with Crippen LogP contribution in [0, 0.1) is 0 Å². The van der Waals surface area contributed by atoms with E-state index in [9.17, 15) is 4.79 Å². The van der Waals surface area contributed by atoms with Crippen molar-refractivity contribution < 1.29 is 4.79 Å². The quantitative estimate of drug-likeness (QED) is 0.730. The first-order chi connectivity index (χ1) is 9.81. The minimum absolute atomic E-state index is 0.0989. The summed E-state index contributed by atoms with van der Waals surface area (Å²) in [5, 5.41) is 4.18. The maximum atomic E-state index is 11.9. The van der Waals surface area contributed by atoms with Crippen LogP contribution in [0.4, 0.5) is 0 Å². The molecule has 1 aromatic heterocycles. The molecular weight excluding hydrogens is 248 g/mol. The highest BCUT2D eigenvalue weighted by atomic mass is 16.1. The number of fused-ring (bicyclic) bond motifs is 1. The number of carbonyl (C=O) groups excluding carboxylic acids is 1. The Morgan fingerprint density at radius 3 is 2.75 bits per heavy atom. The van der Waals surface area contributed by atoms with Crippen molar-refractivity contribution >= 4 is 16.8 Å². The molecule has 1 amide bonds. The molecule has 0 saturated heterocycles. The van der Waals surface area contributed by atoms with Gasteiger partial charge in [0.15, 0.2) is 0 Å². The van der Waals surface area contributed by atoms with E-state index in [4.69, 9.17) is 0 Å². The fourth-order valence-corrected chi connectivity index (χ4v) is 2.45. The van der Waals surface area contributed by atoms with Crippen molar-refractivity contribution in [2.75, 3.05) is 6.54 Å². The van der Waals surface area contributed by atoms with Gasteiger partial charge >= 0.3 is 0 Å². The van der Waals surface area contributed by atoms with Gasteiger partial charge in [-0.25, -0.2) is 0 Å². The number of carbonyl (C=O) groups is 1. The fraction of sp³-hybridized carbons (Fsp3) is 0.471. The molecule has 3 nitrogen and oxygen atoms in total. The molecule has 2 aromatic rings. The van der Waals surface area contributed by atoms with E-state index in [0.717, 1.165) is 18.5 Å². The van der Waals surface area contributed by atoms with E-state index < -0.39 is 0 Å².